The van der Waals surface area contributed by atoms with Gasteiger partial charge in [0, 0.05) is 38.1 Å². The van der Waals surface area contributed by atoms with E-state index in [1.807, 2.05) is 0 Å². The maximum absolute atomic E-state index is 12.6. The quantitative estimate of drug-likeness (QED) is 0.835. The number of piperazine rings is 1. The molecule has 0 aromatic carbocycles. The molecule has 0 radical (unpaired) electrons. The van der Waals surface area contributed by atoms with Crippen molar-refractivity contribution in [3.63, 3.8) is 0 Å². The third-order valence-electron chi connectivity index (χ3n) is 5.12. The predicted octanol–water partition coefficient (Wildman–Crippen LogP) is 1.30. The molecule has 2 N–H and O–H groups in total. The SMILES string of the molecule is CCC(C)N1CCN(C(=O)C2CCCC2CN)CC1. The first-order chi connectivity index (χ1) is 9.17. The van der Waals surface area contributed by atoms with E-state index in [2.05, 4.69) is 23.6 Å². The Morgan fingerprint density at radius 2 is 1.95 bits per heavy atom. The fourth-order valence-corrected chi connectivity index (χ4v) is 3.52. The van der Waals surface area contributed by atoms with Gasteiger partial charge < -0.3 is 10.6 Å². The number of carbonyl (C=O) groups is 1. The first-order valence-electron chi connectivity index (χ1n) is 7.90. The second kappa shape index (κ2) is 6.71. The monoisotopic (exact) mass is 267 g/mol. The van der Waals surface area contributed by atoms with Crippen molar-refractivity contribution < 1.29 is 4.79 Å². The number of nitrogens with zero attached hydrogens (tertiary/aromatic N) is 2. The number of carbonyl (C=O) groups excluding carboxylic acids is 1. The van der Waals surface area contributed by atoms with Gasteiger partial charge in [-0.1, -0.05) is 13.3 Å². The molecule has 19 heavy (non-hydrogen) atoms. The van der Waals surface area contributed by atoms with E-state index in [0.29, 0.717) is 24.4 Å². The normalized spacial score (nSPS) is 30.6. The van der Waals surface area contributed by atoms with Crippen LogP contribution in [0, 0.1) is 11.8 Å². The Hall–Kier alpha value is -0.610. The lowest BCUT2D eigenvalue weighted by Crippen LogP contribution is -2.53. The minimum atomic E-state index is 0.208. The second-order valence-corrected chi connectivity index (χ2v) is 6.15. The summed E-state index contributed by atoms with van der Waals surface area (Å²) in [6.07, 6.45) is 4.54. The Morgan fingerprint density at radius 1 is 1.26 bits per heavy atom. The fraction of sp³-hybridized carbons (Fsp3) is 0.933. The van der Waals surface area contributed by atoms with Gasteiger partial charge in [-0.3, -0.25) is 9.69 Å². The van der Waals surface area contributed by atoms with Crippen LogP contribution >= 0.6 is 0 Å². The van der Waals surface area contributed by atoms with Crippen molar-refractivity contribution in [3.8, 4) is 0 Å². The van der Waals surface area contributed by atoms with Crippen LogP contribution in [0.2, 0.25) is 0 Å². The van der Waals surface area contributed by atoms with Gasteiger partial charge in [0.1, 0.15) is 0 Å². The van der Waals surface area contributed by atoms with Crippen LogP contribution in [0.15, 0.2) is 0 Å². The Labute approximate surface area is 117 Å². The van der Waals surface area contributed by atoms with Crippen molar-refractivity contribution in [2.75, 3.05) is 32.7 Å². The fourth-order valence-electron chi connectivity index (χ4n) is 3.52. The molecule has 1 saturated carbocycles. The van der Waals surface area contributed by atoms with Crippen molar-refractivity contribution in [3.05, 3.63) is 0 Å². The minimum absolute atomic E-state index is 0.208. The molecule has 0 spiro atoms. The topological polar surface area (TPSA) is 49.6 Å². The molecule has 1 aliphatic heterocycles. The van der Waals surface area contributed by atoms with Crippen molar-refractivity contribution in [2.24, 2.45) is 17.6 Å². The van der Waals surface area contributed by atoms with E-state index < -0.39 is 0 Å². The number of rotatable bonds is 4. The molecule has 1 aliphatic carbocycles. The van der Waals surface area contributed by atoms with Gasteiger partial charge in [-0.2, -0.15) is 0 Å². The highest BCUT2D eigenvalue weighted by Gasteiger charge is 2.35. The molecule has 0 bridgehead atoms. The highest BCUT2D eigenvalue weighted by molar-refractivity contribution is 5.79. The molecule has 2 fully saturated rings. The molecule has 110 valence electrons. The summed E-state index contributed by atoms with van der Waals surface area (Å²) in [4.78, 5) is 17.1. The molecule has 4 nitrogen and oxygen atoms in total. The third-order valence-corrected chi connectivity index (χ3v) is 5.12. The van der Waals surface area contributed by atoms with Crippen LogP contribution in [-0.4, -0.2) is 54.5 Å². The standard InChI is InChI=1S/C15H29N3O/c1-3-12(2)17-7-9-18(10-8-17)15(19)14-6-4-5-13(14)11-16/h12-14H,3-11,16H2,1-2H3. The Morgan fingerprint density at radius 3 is 2.53 bits per heavy atom. The zero-order chi connectivity index (χ0) is 13.8. The van der Waals surface area contributed by atoms with Crippen LogP contribution in [-0.2, 0) is 4.79 Å². The highest BCUT2D eigenvalue weighted by Crippen LogP contribution is 2.32. The van der Waals surface area contributed by atoms with Gasteiger partial charge in [0.05, 0.1) is 0 Å². The molecule has 3 unspecified atom stereocenters. The van der Waals surface area contributed by atoms with Gasteiger partial charge in [-0.15, -0.1) is 0 Å². The van der Waals surface area contributed by atoms with Crippen LogP contribution in [0.3, 0.4) is 0 Å². The van der Waals surface area contributed by atoms with E-state index in [1.165, 1.54) is 12.8 Å². The summed E-state index contributed by atoms with van der Waals surface area (Å²) in [5, 5.41) is 0. The number of hydrogen-bond acceptors (Lipinski definition) is 3. The van der Waals surface area contributed by atoms with Gasteiger partial charge in [-0.05, 0) is 38.6 Å². The maximum Gasteiger partial charge on any atom is 0.226 e. The predicted molar refractivity (Wildman–Crippen MR) is 77.8 cm³/mol. The lowest BCUT2D eigenvalue weighted by atomic mass is 9.94. The second-order valence-electron chi connectivity index (χ2n) is 6.15. The van der Waals surface area contributed by atoms with Crippen LogP contribution in [0.4, 0.5) is 0 Å². The lowest BCUT2D eigenvalue weighted by Gasteiger charge is -2.39. The molecular formula is C15H29N3O. The van der Waals surface area contributed by atoms with Crippen LogP contribution in [0.5, 0.6) is 0 Å². The molecule has 2 rings (SSSR count). The van der Waals surface area contributed by atoms with Gasteiger partial charge in [-0.25, -0.2) is 0 Å². The van der Waals surface area contributed by atoms with Crippen molar-refractivity contribution in [1.29, 1.82) is 0 Å². The maximum atomic E-state index is 12.6. The molecule has 2 aliphatic rings. The number of hydrogen-bond donors (Lipinski definition) is 1. The van der Waals surface area contributed by atoms with E-state index in [4.69, 9.17) is 5.73 Å². The Kier molecular flexibility index (Phi) is 5.22. The molecule has 0 aromatic rings. The van der Waals surface area contributed by atoms with Crippen molar-refractivity contribution >= 4 is 5.91 Å². The number of amides is 1. The smallest absolute Gasteiger partial charge is 0.226 e. The molecule has 3 atom stereocenters. The summed E-state index contributed by atoms with van der Waals surface area (Å²) in [5.74, 6) is 1.01. The van der Waals surface area contributed by atoms with E-state index in [9.17, 15) is 4.79 Å². The van der Waals surface area contributed by atoms with E-state index in [0.717, 1.165) is 39.0 Å². The van der Waals surface area contributed by atoms with Gasteiger partial charge in [0.25, 0.3) is 0 Å². The highest BCUT2D eigenvalue weighted by atomic mass is 16.2. The molecule has 0 aromatic heterocycles. The molecule has 1 amide bonds. The van der Waals surface area contributed by atoms with Crippen LogP contribution in [0.1, 0.15) is 39.5 Å². The summed E-state index contributed by atoms with van der Waals surface area (Å²) in [7, 11) is 0. The molecule has 1 heterocycles. The largest absolute Gasteiger partial charge is 0.340 e. The lowest BCUT2D eigenvalue weighted by molar-refractivity contribution is -0.138. The first-order valence-corrected chi connectivity index (χ1v) is 7.90. The van der Waals surface area contributed by atoms with Gasteiger partial charge in [0.2, 0.25) is 5.91 Å². The van der Waals surface area contributed by atoms with Gasteiger partial charge >= 0.3 is 0 Å². The average Bonchev–Trinajstić information content (AvgIpc) is 2.94. The summed E-state index contributed by atoms with van der Waals surface area (Å²) in [5.41, 5.74) is 5.79. The molecule has 1 saturated heterocycles. The first kappa shape index (κ1) is 14.8. The molecule has 4 heteroatoms. The van der Waals surface area contributed by atoms with Crippen molar-refractivity contribution in [1.82, 2.24) is 9.80 Å². The Bertz CT molecular complexity index is 300. The van der Waals surface area contributed by atoms with E-state index in [-0.39, 0.29) is 5.92 Å². The zero-order valence-corrected chi connectivity index (χ0v) is 12.5. The third kappa shape index (κ3) is 3.29. The summed E-state index contributed by atoms with van der Waals surface area (Å²) in [6, 6.07) is 0.639. The average molecular weight is 267 g/mol. The Balaban J connectivity index is 1.85. The van der Waals surface area contributed by atoms with Gasteiger partial charge in [0.15, 0.2) is 0 Å². The zero-order valence-electron chi connectivity index (χ0n) is 12.5. The number of nitrogens with two attached hydrogens (primary N) is 1. The molecular weight excluding hydrogens is 238 g/mol. The van der Waals surface area contributed by atoms with E-state index >= 15 is 0 Å². The van der Waals surface area contributed by atoms with E-state index in [1.54, 1.807) is 0 Å². The summed E-state index contributed by atoms with van der Waals surface area (Å²) in [6.45, 7) is 9.03. The summed E-state index contributed by atoms with van der Waals surface area (Å²) >= 11 is 0. The summed E-state index contributed by atoms with van der Waals surface area (Å²) < 4.78 is 0. The van der Waals surface area contributed by atoms with Crippen LogP contribution in [0.25, 0.3) is 0 Å². The van der Waals surface area contributed by atoms with Crippen molar-refractivity contribution in [2.45, 2.75) is 45.6 Å². The minimum Gasteiger partial charge on any atom is -0.340 e. The van der Waals surface area contributed by atoms with Crippen LogP contribution < -0.4 is 5.73 Å².